The predicted octanol–water partition coefficient (Wildman–Crippen LogP) is 2.96. The van der Waals surface area contributed by atoms with Crippen LogP contribution in [0.25, 0.3) is 10.6 Å². The number of fused-ring (bicyclic) bond motifs is 1. The van der Waals surface area contributed by atoms with Crippen LogP contribution in [0.4, 0.5) is 0 Å². The Morgan fingerprint density at radius 3 is 3.12 bits per heavy atom. The highest BCUT2D eigenvalue weighted by molar-refractivity contribution is 7.13. The number of aromatic nitrogens is 5. The molecule has 1 atom stereocenters. The largest absolute Gasteiger partial charge is 0.313 e. The first-order valence-electron chi connectivity index (χ1n) is 8.44. The van der Waals surface area contributed by atoms with Gasteiger partial charge in [-0.1, -0.05) is 19.9 Å². The molecule has 0 aliphatic carbocycles. The lowest BCUT2D eigenvalue weighted by Gasteiger charge is -2.26. The van der Waals surface area contributed by atoms with Crippen LogP contribution in [0, 0.1) is 0 Å². The summed E-state index contributed by atoms with van der Waals surface area (Å²) < 4.78 is 2.29. The van der Waals surface area contributed by atoms with Crippen molar-refractivity contribution in [3.63, 3.8) is 0 Å². The lowest BCUT2D eigenvalue weighted by atomic mass is 10.1. The number of nitrogens with zero attached hydrogens (tertiary/aromatic N) is 4. The summed E-state index contributed by atoms with van der Waals surface area (Å²) in [6.45, 7) is 6.12. The second kappa shape index (κ2) is 6.49. The monoisotopic (exact) mass is 342 g/mol. The topological polar surface area (TPSA) is 71.4 Å². The summed E-state index contributed by atoms with van der Waals surface area (Å²) in [6.07, 6.45) is 4.01. The highest BCUT2D eigenvalue weighted by Crippen LogP contribution is 2.26. The molecule has 4 rings (SSSR count). The van der Waals surface area contributed by atoms with E-state index in [-0.39, 0.29) is 0 Å². The number of rotatable bonds is 5. The van der Waals surface area contributed by atoms with Crippen LogP contribution in [-0.2, 0) is 19.5 Å². The fourth-order valence-corrected chi connectivity index (χ4v) is 4.03. The van der Waals surface area contributed by atoms with Crippen molar-refractivity contribution in [3.8, 4) is 10.6 Å². The van der Waals surface area contributed by atoms with E-state index in [1.165, 1.54) is 10.4 Å². The minimum absolute atomic E-state index is 0.407. The van der Waals surface area contributed by atoms with Gasteiger partial charge in [-0.2, -0.15) is 5.10 Å². The van der Waals surface area contributed by atoms with E-state index < -0.39 is 0 Å². The normalized spacial score (nSPS) is 17.4. The van der Waals surface area contributed by atoms with Crippen LogP contribution < -0.4 is 5.32 Å². The highest BCUT2D eigenvalue weighted by atomic mass is 32.1. The fourth-order valence-electron chi connectivity index (χ4n) is 3.28. The Balaban J connectivity index is 1.44. The Morgan fingerprint density at radius 1 is 1.42 bits per heavy atom. The van der Waals surface area contributed by atoms with Crippen LogP contribution in [0.15, 0.2) is 23.7 Å². The van der Waals surface area contributed by atoms with Gasteiger partial charge in [0.1, 0.15) is 11.6 Å². The molecule has 0 spiro atoms. The first kappa shape index (κ1) is 15.5. The molecular formula is C17H22N6S. The number of hydrogen-bond donors (Lipinski definition) is 2. The van der Waals surface area contributed by atoms with E-state index in [4.69, 9.17) is 0 Å². The van der Waals surface area contributed by atoms with E-state index in [9.17, 15) is 0 Å². The van der Waals surface area contributed by atoms with Gasteiger partial charge in [0.15, 0.2) is 0 Å². The Kier molecular flexibility index (Phi) is 4.20. The molecule has 24 heavy (non-hydrogen) atoms. The molecule has 126 valence electrons. The van der Waals surface area contributed by atoms with Gasteiger partial charge in [-0.3, -0.25) is 5.10 Å². The van der Waals surface area contributed by atoms with E-state index in [2.05, 4.69) is 61.6 Å². The molecule has 0 unspecified atom stereocenters. The Hall–Kier alpha value is -1.99. The molecule has 4 heterocycles. The van der Waals surface area contributed by atoms with Crippen LogP contribution >= 0.6 is 11.3 Å². The zero-order valence-electron chi connectivity index (χ0n) is 14.0. The van der Waals surface area contributed by atoms with E-state index >= 15 is 0 Å². The number of aromatic amines is 1. The molecule has 3 aromatic rings. The average molecular weight is 342 g/mol. The van der Waals surface area contributed by atoms with Crippen LogP contribution in [-0.4, -0.2) is 31.0 Å². The molecule has 0 fully saturated rings. The van der Waals surface area contributed by atoms with Gasteiger partial charge in [0, 0.05) is 37.0 Å². The fraction of sp³-hybridized carbons (Fsp3) is 0.471. The summed E-state index contributed by atoms with van der Waals surface area (Å²) in [5, 5.41) is 21.8. The lowest BCUT2D eigenvalue weighted by Crippen LogP contribution is -2.37. The molecule has 0 aromatic carbocycles. The molecule has 2 N–H and O–H groups in total. The molecule has 1 aliphatic rings. The SMILES string of the molecule is CC(C)c1nnc2n1C[C@@H](NCc1cn[nH]c1-c1cccs1)CC2. The summed E-state index contributed by atoms with van der Waals surface area (Å²) in [4.78, 5) is 1.23. The molecule has 7 heteroatoms. The van der Waals surface area contributed by atoms with Crippen molar-refractivity contribution in [1.82, 2.24) is 30.3 Å². The molecule has 0 saturated carbocycles. The van der Waals surface area contributed by atoms with Gasteiger partial charge in [-0.05, 0) is 17.9 Å². The number of aryl methyl sites for hydroxylation is 1. The standard InChI is InChI=1S/C17H22N6S/c1-11(2)17-22-20-15-6-5-13(10-23(15)17)18-8-12-9-19-21-16(12)14-4-3-7-24-14/h3-4,7,9,11,13,18H,5-6,8,10H2,1-2H3,(H,19,21)/t13-/m0/s1. The molecule has 0 radical (unpaired) electrons. The van der Waals surface area contributed by atoms with Crippen LogP contribution in [0.1, 0.15) is 43.4 Å². The van der Waals surface area contributed by atoms with E-state index in [1.807, 2.05) is 6.20 Å². The Bertz CT molecular complexity index is 801. The van der Waals surface area contributed by atoms with Crippen molar-refractivity contribution >= 4 is 11.3 Å². The van der Waals surface area contributed by atoms with Gasteiger partial charge in [-0.25, -0.2) is 0 Å². The first-order chi connectivity index (χ1) is 11.7. The first-order valence-corrected chi connectivity index (χ1v) is 9.32. The van der Waals surface area contributed by atoms with E-state index in [1.54, 1.807) is 11.3 Å². The molecule has 6 nitrogen and oxygen atoms in total. The van der Waals surface area contributed by atoms with Crippen LogP contribution in [0.2, 0.25) is 0 Å². The molecule has 3 aromatic heterocycles. The molecule has 0 saturated heterocycles. The van der Waals surface area contributed by atoms with Gasteiger partial charge >= 0.3 is 0 Å². The van der Waals surface area contributed by atoms with Crippen molar-refractivity contribution in [2.45, 2.75) is 51.7 Å². The summed E-state index contributed by atoms with van der Waals surface area (Å²) >= 11 is 1.73. The lowest BCUT2D eigenvalue weighted by molar-refractivity contribution is 0.370. The van der Waals surface area contributed by atoms with Crippen molar-refractivity contribution in [2.75, 3.05) is 0 Å². The van der Waals surface area contributed by atoms with Gasteiger partial charge in [0.25, 0.3) is 0 Å². The van der Waals surface area contributed by atoms with Crippen molar-refractivity contribution in [1.29, 1.82) is 0 Å². The minimum atomic E-state index is 0.407. The van der Waals surface area contributed by atoms with Gasteiger partial charge in [0.05, 0.1) is 16.8 Å². The quantitative estimate of drug-likeness (QED) is 0.748. The average Bonchev–Trinajstić information content (AvgIpc) is 3.31. The van der Waals surface area contributed by atoms with Gasteiger partial charge in [-0.15, -0.1) is 21.5 Å². The zero-order chi connectivity index (χ0) is 16.5. The number of H-pyrrole nitrogens is 1. The number of nitrogens with one attached hydrogen (secondary N) is 2. The summed E-state index contributed by atoms with van der Waals surface area (Å²) in [5.41, 5.74) is 2.34. The summed E-state index contributed by atoms with van der Waals surface area (Å²) in [5.74, 6) is 2.63. The maximum absolute atomic E-state index is 4.36. The van der Waals surface area contributed by atoms with Crippen LogP contribution in [0.5, 0.6) is 0 Å². The maximum Gasteiger partial charge on any atom is 0.135 e. The van der Waals surface area contributed by atoms with Crippen molar-refractivity contribution in [3.05, 3.63) is 40.9 Å². The summed E-state index contributed by atoms with van der Waals surface area (Å²) in [6, 6.07) is 4.64. The second-order valence-electron chi connectivity index (χ2n) is 6.60. The second-order valence-corrected chi connectivity index (χ2v) is 7.55. The minimum Gasteiger partial charge on any atom is -0.313 e. The van der Waals surface area contributed by atoms with Gasteiger partial charge in [0.2, 0.25) is 0 Å². The zero-order valence-corrected chi connectivity index (χ0v) is 14.8. The Morgan fingerprint density at radius 2 is 2.33 bits per heavy atom. The molecule has 1 aliphatic heterocycles. The third-order valence-corrected chi connectivity index (χ3v) is 5.45. The highest BCUT2D eigenvalue weighted by Gasteiger charge is 2.24. The molecule has 0 amide bonds. The maximum atomic E-state index is 4.36. The third-order valence-electron chi connectivity index (χ3n) is 4.56. The van der Waals surface area contributed by atoms with E-state index in [0.717, 1.165) is 43.3 Å². The number of hydrogen-bond acceptors (Lipinski definition) is 5. The van der Waals surface area contributed by atoms with Crippen LogP contribution in [0.3, 0.4) is 0 Å². The van der Waals surface area contributed by atoms with Crippen molar-refractivity contribution < 1.29 is 0 Å². The molecular weight excluding hydrogens is 320 g/mol. The van der Waals surface area contributed by atoms with E-state index in [0.29, 0.717) is 12.0 Å². The Labute approximate surface area is 145 Å². The van der Waals surface area contributed by atoms with Gasteiger partial charge < -0.3 is 9.88 Å². The predicted molar refractivity (Wildman–Crippen MR) is 95.0 cm³/mol. The molecule has 0 bridgehead atoms. The smallest absolute Gasteiger partial charge is 0.135 e. The van der Waals surface area contributed by atoms with Crippen molar-refractivity contribution in [2.24, 2.45) is 0 Å². The number of thiophene rings is 1. The summed E-state index contributed by atoms with van der Waals surface area (Å²) in [7, 11) is 0. The third kappa shape index (κ3) is 2.89.